The Labute approximate surface area is 194 Å². The van der Waals surface area contributed by atoms with E-state index in [-0.39, 0.29) is 29.3 Å². The zero-order valence-electron chi connectivity index (χ0n) is 18.0. The molecule has 0 saturated heterocycles. The third kappa shape index (κ3) is 6.72. The lowest BCUT2D eigenvalue weighted by molar-refractivity contribution is -0.116. The monoisotopic (exact) mass is 487 g/mol. The van der Waals surface area contributed by atoms with Crippen LogP contribution < -0.4 is 10.0 Å². The molecule has 0 atom stereocenters. The molecule has 0 saturated carbocycles. The van der Waals surface area contributed by atoms with Gasteiger partial charge in [-0.25, -0.2) is 21.6 Å². The van der Waals surface area contributed by atoms with Crippen LogP contribution in [0.15, 0.2) is 94.7 Å². The van der Waals surface area contributed by atoms with E-state index in [1.165, 1.54) is 47.8 Å². The van der Waals surface area contributed by atoms with Gasteiger partial charge in [0.2, 0.25) is 26.0 Å². The highest BCUT2D eigenvalue weighted by atomic mass is 32.2. The second-order valence-electron chi connectivity index (χ2n) is 7.28. The van der Waals surface area contributed by atoms with E-state index in [1.54, 1.807) is 18.2 Å². The van der Waals surface area contributed by atoms with Crippen molar-refractivity contribution >= 4 is 31.6 Å². The predicted molar refractivity (Wildman–Crippen MR) is 126 cm³/mol. The van der Waals surface area contributed by atoms with Crippen molar-refractivity contribution in [3.05, 3.63) is 90.5 Å². The van der Waals surface area contributed by atoms with Crippen molar-refractivity contribution < 1.29 is 21.6 Å². The third-order valence-electron chi connectivity index (χ3n) is 4.79. The van der Waals surface area contributed by atoms with Gasteiger partial charge in [-0.15, -0.1) is 0 Å². The number of benzene rings is 3. The molecule has 174 valence electrons. The molecule has 0 spiro atoms. The summed E-state index contributed by atoms with van der Waals surface area (Å²) in [5.74, 6) is -0.400. The molecule has 0 radical (unpaired) electrons. The summed E-state index contributed by atoms with van der Waals surface area (Å²) >= 11 is 0. The molecule has 0 bridgehead atoms. The Morgan fingerprint density at radius 3 is 1.97 bits per heavy atom. The highest BCUT2D eigenvalue weighted by Gasteiger charge is 2.21. The van der Waals surface area contributed by atoms with Gasteiger partial charge in [-0.2, -0.15) is 4.31 Å². The van der Waals surface area contributed by atoms with Crippen LogP contribution in [0.2, 0.25) is 0 Å². The second-order valence-corrected chi connectivity index (χ2v) is 11.1. The maximum atomic E-state index is 12.8. The van der Waals surface area contributed by atoms with Gasteiger partial charge in [0.15, 0.2) is 0 Å². The largest absolute Gasteiger partial charge is 0.326 e. The molecule has 3 rings (SSSR count). The Morgan fingerprint density at radius 2 is 1.36 bits per heavy atom. The number of nitrogens with zero attached hydrogens (tertiary/aromatic N) is 1. The molecule has 3 aromatic rings. The Kier molecular flexibility index (Phi) is 7.98. The maximum Gasteiger partial charge on any atom is 0.243 e. The number of carbonyl (C=O) groups excluding carboxylic acids is 1. The topological polar surface area (TPSA) is 113 Å². The Bertz CT molecular complexity index is 1280. The van der Waals surface area contributed by atoms with Gasteiger partial charge in [-0.3, -0.25) is 4.79 Å². The highest BCUT2D eigenvalue weighted by molar-refractivity contribution is 7.89. The summed E-state index contributed by atoms with van der Waals surface area (Å²) in [5, 5.41) is 2.63. The zero-order chi connectivity index (χ0) is 23.9. The summed E-state index contributed by atoms with van der Waals surface area (Å²) in [5.41, 5.74) is 1.28. The van der Waals surface area contributed by atoms with Gasteiger partial charge < -0.3 is 5.32 Å². The molecular formula is C23H25N3O5S2. The number of nitrogens with one attached hydrogen (secondary N) is 2. The van der Waals surface area contributed by atoms with E-state index in [2.05, 4.69) is 10.0 Å². The maximum absolute atomic E-state index is 12.8. The second kappa shape index (κ2) is 10.7. The Morgan fingerprint density at radius 1 is 0.788 bits per heavy atom. The standard InChI is InChI=1S/C23H25N3O5S2/c1-26(18-19-8-4-2-5-9-19)33(30,31)22-14-12-20(13-15-22)25-23(27)16-17-24-32(28,29)21-10-6-3-7-11-21/h2-15,24H,16-18H2,1H3,(H,25,27). The molecule has 10 heteroatoms. The van der Waals surface area contributed by atoms with E-state index in [0.717, 1.165) is 5.56 Å². The molecule has 0 unspecified atom stereocenters. The quantitative estimate of drug-likeness (QED) is 0.457. The van der Waals surface area contributed by atoms with Crippen molar-refractivity contribution in [3.8, 4) is 0 Å². The van der Waals surface area contributed by atoms with Gasteiger partial charge >= 0.3 is 0 Å². The van der Waals surface area contributed by atoms with Gasteiger partial charge in [0.05, 0.1) is 9.79 Å². The van der Waals surface area contributed by atoms with Crippen molar-refractivity contribution in [2.75, 3.05) is 18.9 Å². The summed E-state index contributed by atoms with van der Waals surface area (Å²) in [4.78, 5) is 12.4. The first kappa shape index (κ1) is 24.6. The van der Waals surface area contributed by atoms with E-state index >= 15 is 0 Å². The van der Waals surface area contributed by atoms with Gasteiger partial charge in [-0.1, -0.05) is 48.5 Å². The van der Waals surface area contributed by atoms with E-state index in [0.29, 0.717) is 5.69 Å². The lowest BCUT2D eigenvalue weighted by atomic mass is 10.2. The average Bonchev–Trinajstić information content (AvgIpc) is 2.80. The van der Waals surface area contributed by atoms with Gasteiger partial charge in [0.1, 0.15) is 0 Å². The number of anilines is 1. The molecule has 0 heterocycles. The summed E-state index contributed by atoms with van der Waals surface area (Å²) < 4.78 is 53.6. The number of hydrogen-bond donors (Lipinski definition) is 2. The SMILES string of the molecule is CN(Cc1ccccc1)S(=O)(=O)c1ccc(NC(=O)CCNS(=O)(=O)c2ccccc2)cc1. The van der Waals surface area contributed by atoms with Crippen LogP contribution >= 0.6 is 0 Å². The fourth-order valence-corrected chi connectivity index (χ4v) is 5.23. The lowest BCUT2D eigenvalue weighted by Crippen LogP contribution is -2.28. The first-order valence-corrected chi connectivity index (χ1v) is 13.1. The van der Waals surface area contributed by atoms with Crippen LogP contribution in [-0.2, 0) is 31.4 Å². The molecule has 1 amide bonds. The van der Waals surface area contributed by atoms with Crippen LogP contribution in [0.3, 0.4) is 0 Å². The van der Waals surface area contributed by atoms with Crippen molar-refractivity contribution in [1.29, 1.82) is 0 Å². The molecule has 2 N–H and O–H groups in total. The van der Waals surface area contributed by atoms with Crippen molar-refractivity contribution in [1.82, 2.24) is 9.03 Å². The van der Waals surface area contributed by atoms with Crippen LogP contribution in [0.5, 0.6) is 0 Å². The summed E-state index contributed by atoms with van der Waals surface area (Å²) in [6.07, 6.45) is -0.0775. The third-order valence-corrected chi connectivity index (χ3v) is 8.09. The fourth-order valence-electron chi connectivity index (χ4n) is 3.02. The fraction of sp³-hybridized carbons (Fsp3) is 0.174. The molecule has 8 nitrogen and oxygen atoms in total. The summed E-state index contributed by atoms with van der Waals surface area (Å²) in [7, 11) is -5.87. The summed E-state index contributed by atoms with van der Waals surface area (Å²) in [6, 6.07) is 23.0. The van der Waals surface area contributed by atoms with E-state index in [9.17, 15) is 21.6 Å². The number of sulfonamides is 2. The molecule has 0 aliphatic heterocycles. The van der Waals surface area contributed by atoms with Crippen LogP contribution in [0.25, 0.3) is 0 Å². The van der Waals surface area contributed by atoms with Crippen LogP contribution in [0, 0.1) is 0 Å². The highest BCUT2D eigenvalue weighted by Crippen LogP contribution is 2.19. The normalized spacial score (nSPS) is 11.9. The first-order chi connectivity index (χ1) is 15.7. The van der Waals surface area contributed by atoms with Crippen LogP contribution in [0.4, 0.5) is 5.69 Å². The molecule has 0 aliphatic rings. The molecule has 0 fully saturated rings. The number of hydrogen-bond acceptors (Lipinski definition) is 5. The molecule has 0 aromatic heterocycles. The summed E-state index contributed by atoms with van der Waals surface area (Å²) in [6.45, 7) is 0.167. The molecule has 3 aromatic carbocycles. The van der Waals surface area contributed by atoms with Crippen LogP contribution in [0.1, 0.15) is 12.0 Å². The number of rotatable bonds is 10. The molecular weight excluding hydrogens is 462 g/mol. The average molecular weight is 488 g/mol. The van der Waals surface area contributed by atoms with E-state index in [1.807, 2.05) is 30.3 Å². The predicted octanol–water partition coefficient (Wildman–Crippen LogP) is 2.81. The minimum absolute atomic E-state index is 0.0696. The van der Waals surface area contributed by atoms with Crippen molar-refractivity contribution in [2.24, 2.45) is 0 Å². The van der Waals surface area contributed by atoms with Crippen molar-refractivity contribution in [2.45, 2.75) is 22.8 Å². The van der Waals surface area contributed by atoms with Crippen molar-refractivity contribution in [3.63, 3.8) is 0 Å². The van der Waals surface area contributed by atoms with Crippen LogP contribution in [-0.4, -0.2) is 40.6 Å². The molecule has 33 heavy (non-hydrogen) atoms. The van der Waals surface area contributed by atoms with Gasteiger partial charge in [0.25, 0.3) is 0 Å². The van der Waals surface area contributed by atoms with Gasteiger partial charge in [-0.05, 0) is 42.0 Å². The van der Waals surface area contributed by atoms with E-state index < -0.39 is 26.0 Å². The van der Waals surface area contributed by atoms with E-state index in [4.69, 9.17) is 0 Å². The zero-order valence-corrected chi connectivity index (χ0v) is 19.6. The minimum atomic E-state index is -3.70. The Balaban J connectivity index is 1.54. The number of carbonyl (C=O) groups is 1. The molecule has 0 aliphatic carbocycles. The Hall–Kier alpha value is -3.05. The minimum Gasteiger partial charge on any atom is -0.326 e. The number of amides is 1. The smallest absolute Gasteiger partial charge is 0.243 e. The van der Waals surface area contributed by atoms with Gasteiger partial charge in [0, 0.05) is 32.2 Å². The first-order valence-electron chi connectivity index (χ1n) is 10.1. The lowest BCUT2D eigenvalue weighted by Gasteiger charge is -2.17.